The average Bonchev–Trinajstić information content (AvgIpc) is 3.13. The van der Waals surface area contributed by atoms with E-state index in [0.29, 0.717) is 0 Å². The maximum absolute atomic E-state index is 3.79. The highest BCUT2D eigenvalue weighted by molar-refractivity contribution is 4.79. The van der Waals surface area contributed by atoms with E-state index in [1.807, 2.05) is 0 Å². The highest BCUT2D eigenvalue weighted by Crippen LogP contribution is 2.29. The highest BCUT2D eigenvalue weighted by atomic mass is 15.1. The van der Waals surface area contributed by atoms with Crippen LogP contribution in [0.1, 0.15) is 58.8 Å². The molecule has 1 N–H and O–H groups in total. The molecule has 0 heterocycles. The SMILES string of the molecule is CCCN(CCNC1CCCC(C)C1)CC1CC1. The fraction of sp³-hybridized carbons (Fsp3) is 1.00. The summed E-state index contributed by atoms with van der Waals surface area (Å²) in [4.78, 5) is 2.68. The molecule has 0 amide bonds. The Morgan fingerprint density at radius 1 is 1.11 bits per heavy atom. The molecule has 2 nitrogen and oxygen atoms in total. The molecule has 2 aliphatic carbocycles. The summed E-state index contributed by atoms with van der Waals surface area (Å²) < 4.78 is 0. The topological polar surface area (TPSA) is 15.3 Å². The molecular weight excluding hydrogens is 220 g/mol. The quantitative estimate of drug-likeness (QED) is 0.713. The normalized spacial score (nSPS) is 28.8. The zero-order valence-electron chi connectivity index (χ0n) is 12.5. The molecule has 0 aromatic rings. The second kappa shape index (κ2) is 7.49. The van der Waals surface area contributed by atoms with Gasteiger partial charge in [-0.1, -0.05) is 26.7 Å². The Morgan fingerprint density at radius 2 is 1.94 bits per heavy atom. The molecule has 2 atom stereocenters. The van der Waals surface area contributed by atoms with E-state index >= 15 is 0 Å². The summed E-state index contributed by atoms with van der Waals surface area (Å²) in [5.74, 6) is 1.97. The van der Waals surface area contributed by atoms with Crippen LogP contribution in [0.5, 0.6) is 0 Å². The Labute approximate surface area is 114 Å². The van der Waals surface area contributed by atoms with Gasteiger partial charge in [-0.05, 0) is 50.5 Å². The maximum atomic E-state index is 3.79. The van der Waals surface area contributed by atoms with Crippen LogP contribution >= 0.6 is 0 Å². The molecule has 2 fully saturated rings. The van der Waals surface area contributed by atoms with Crippen LogP contribution in [0.25, 0.3) is 0 Å². The monoisotopic (exact) mass is 252 g/mol. The van der Waals surface area contributed by atoms with E-state index in [0.717, 1.165) is 17.9 Å². The van der Waals surface area contributed by atoms with Crippen LogP contribution < -0.4 is 5.32 Å². The van der Waals surface area contributed by atoms with E-state index in [2.05, 4.69) is 24.1 Å². The van der Waals surface area contributed by atoms with Gasteiger partial charge in [-0.15, -0.1) is 0 Å². The van der Waals surface area contributed by atoms with Crippen molar-refractivity contribution >= 4 is 0 Å². The molecule has 2 unspecified atom stereocenters. The van der Waals surface area contributed by atoms with Crippen LogP contribution in [0.4, 0.5) is 0 Å². The lowest BCUT2D eigenvalue weighted by molar-refractivity contribution is 0.244. The molecule has 2 aliphatic rings. The van der Waals surface area contributed by atoms with Gasteiger partial charge >= 0.3 is 0 Å². The highest BCUT2D eigenvalue weighted by Gasteiger charge is 2.24. The van der Waals surface area contributed by atoms with Crippen molar-refractivity contribution < 1.29 is 0 Å². The lowest BCUT2D eigenvalue weighted by atomic mass is 9.87. The Hall–Kier alpha value is -0.0800. The van der Waals surface area contributed by atoms with E-state index < -0.39 is 0 Å². The predicted octanol–water partition coefficient (Wildman–Crippen LogP) is 3.28. The van der Waals surface area contributed by atoms with Gasteiger partial charge in [0.2, 0.25) is 0 Å². The van der Waals surface area contributed by atoms with Crippen molar-refractivity contribution in [1.29, 1.82) is 0 Å². The molecular formula is C16H32N2. The van der Waals surface area contributed by atoms with Gasteiger partial charge in [-0.25, -0.2) is 0 Å². The second-order valence-electron chi connectivity index (χ2n) is 6.67. The van der Waals surface area contributed by atoms with Crippen molar-refractivity contribution in [2.45, 2.75) is 64.8 Å². The van der Waals surface area contributed by atoms with Crippen LogP contribution in [-0.4, -0.2) is 37.1 Å². The second-order valence-corrected chi connectivity index (χ2v) is 6.67. The van der Waals surface area contributed by atoms with Gasteiger partial charge in [0.15, 0.2) is 0 Å². The number of nitrogens with zero attached hydrogens (tertiary/aromatic N) is 1. The van der Waals surface area contributed by atoms with E-state index in [4.69, 9.17) is 0 Å². The van der Waals surface area contributed by atoms with Crippen LogP contribution in [0.15, 0.2) is 0 Å². The maximum Gasteiger partial charge on any atom is 0.0107 e. The predicted molar refractivity (Wildman–Crippen MR) is 78.9 cm³/mol. The minimum atomic E-state index is 0.804. The van der Waals surface area contributed by atoms with Crippen molar-refractivity contribution in [3.05, 3.63) is 0 Å². The number of rotatable bonds is 8. The summed E-state index contributed by atoms with van der Waals surface area (Å²) in [6, 6.07) is 0.804. The summed E-state index contributed by atoms with van der Waals surface area (Å²) in [5.41, 5.74) is 0. The third-order valence-electron chi connectivity index (χ3n) is 4.55. The van der Waals surface area contributed by atoms with Gasteiger partial charge in [0.05, 0.1) is 0 Å². The Balaban J connectivity index is 1.59. The van der Waals surface area contributed by atoms with Crippen LogP contribution in [-0.2, 0) is 0 Å². The Bertz CT molecular complexity index is 225. The first kappa shape index (κ1) is 14.3. The first-order valence-corrected chi connectivity index (χ1v) is 8.23. The van der Waals surface area contributed by atoms with Crippen molar-refractivity contribution in [3.63, 3.8) is 0 Å². The van der Waals surface area contributed by atoms with E-state index in [-0.39, 0.29) is 0 Å². The van der Waals surface area contributed by atoms with E-state index in [9.17, 15) is 0 Å². The van der Waals surface area contributed by atoms with Gasteiger partial charge in [0.25, 0.3) is 0 Å². The van der Waals surface area contributed by atoms with Crippen molar-refractivity contribution in [1.82, 2.24) is 10.2 Å². The zero-order chi connectivity index (χ0) is 12.8. The Kier molecular flexibility index (Phi) is 5.97. The third kappa shape index (κ3) is 5.27. The lowest BCUT2D eigenvalue weighted by Gasteiger charge is -2.29. The van der Waals surface area contributed by atoms with Gasteiger partial charge in [-0.2, -0.15) is 0 Å². The number of hydrogen-bond donors (Lipinski definition) is 1. The molecule has 0 bridgehead atoms. The largest absolute Gasteiger partial charge is 0.313 e. The van der Waals surface area contributed by atoms with Gasteiger partial charge in [0, 0.05) is 25.7 Å². The van der Waals surface area contributed by atoms with Crippen molar-refractivity contribution in [3.8, 4) is 0 Å². The van der Waals surface area contributed by atoms with Crippen LogP contribution in [0.2, 0.25) is 0 Å². The molecule has 0 aromatic carbocycles. The lowest BCUT2D eigenvalue weighted by Crippen LogP contribution is -2.40. The first-order valence-electron chi connectivity index (χ1n) is 8.23. The van der Waals surface area contributed by atoms with E-state index in [1.165, 1.54) is 71.1 Å². The summed E-state index contributed by atoms with van der Waals surface area (Å²) >= 11 is 0. The first-order chi connectivity index (χ1) is 8.78. The summed E-state index contributed by atoms with van der Waals surface area (Å²) in [7, 11) is 0. The van der Waals surface area contributed by atoms with Crippen molar-refractivity contribution in [2.75, 3.05) is 26.2 Å². The molecule has 0 aliphatic heterocycles. The summed E-state index contributed by atoms with van der Waals surface area (Å²) in [5, 5.41) is 3.79. The molecule has 2 heteroatoms. The smallest absolute Gasteiger partial charge is 0.0107 e. The fourth-order valence-corrected chi connectivity index (χ4v) is 3.32. The van der Waals surface area contributed by atoms with Crippen molar-refractivity contribution in [2.24, 2.45) is 11.8 Å². The number of hydrogen-bond acceptors (Lipinski definition) is 2. The molecule has 0 radical (unpaired) electrons. The zero-order valence-corrected chi connectivity index (χ0v) is 12.5. The molecule has 18 heavy (non-hydrogen) atoms. The standard InChI is InChI=1S/C16H32N2/c1-3-10-18(13-15-7-8-15)11-9-17-16-6-4-5-14(2)12-16/h14-17H,3-13H2,1-2H3. The number of nitrogens with one attached hydrogen (secondary N) is 1. The average molecular weight is 252 g/mol. The fourth-order valence-electron chi connectivity index (χ4n) is 3.32. The van der Waals surface area contributed by atoms with E-state index in [1.54, 1.807) is 0 Å². The molecule has 2 rings (SSSR count). The molecule has 0 aromatic heterocycles. The molecule has 0 saturated heterocycles. The summed E-state index contributed by atoms with van der Waals surface area (Å²) in [6.07, 6.45) is 9.94. The molecule has 106 valence electrons. The summed E-state index contributed by atoms with van der Waals surface area (Å²) in [6.45, 7) is 9.82. The minimum Gasteiger partial charge on any atom is -0.313 e. The van der Waals surface area contributed by atoms with Gasteiger partial charge in [0.1, 0.15) is 0 Å². The minimum absolute atomic E-state index is 0.804. The van der Waals surface area contributed by atoms with Crippen LogP contribution in [0.3, 0.4) is 0 Å². The third-order valence-corrected chi connectivity index (χ3v) is 4.55. The molecule has 2 saturated carbocycles. The van der Waals surface area contributed by atoms with Crippen LogP contribution in [0, 0.1) is 11.8 Å². The Morgan fingerprint density at radius 3 is 2.61 bits per heavy atom. The van der Waals surface area contributed by atoms with Gasteiger partial charge < -0.3 is 10.2 Å². The van der Waals surface area contributed by atoms with Gasteiger partial charge in [-0.3, -0.25) is 0 Å². The molecule has 0 spiro atoms.